The van der Waals surface area contributed by atoms with Crippen molar-refractivity contribution in [3.05, 3.63) is 0 Å². The number of carbonyl (C=O) groups is 1. The summed E-state index contributed by atoms with van der Waals surface area (Å²) in [5.74, 6) is 0.808. The number of guanidine groups is 1. The number of amides is 1. The van der Waals surface area contributed by atoms with E-state index >= 15 is 0 Å². The third-order valence-electron chi connectivity index (χ3n) is 5.29. The summed E-state index contributed by atoms with van der Waals surface area (Å²) in [5, 5.41) is 6.77. The lowest BCUT2D eigenvalue weighted by atomic mass is 10.0. The Morgan fingerprint density at radius 1 is 1.20 bits per heavy atom. The Kier molecular flexibility index (Phi) is 12.3. The van der Waals surface area contributed by atoms with Crippen LogP contribution in [0.5, 0.6) is 0 Å². The molecule has 2 fully saturated rings. The van der Waals surface area contributed by atoms with Crippen molar-refractivity contribution in [2.24, 2.45) is 4.99 Å². The number of hydrogen-bond donors (Lipinski definition) is 2. The summed E-state index contributed by atoms with van der Waals surface area (Å²) in [6.45, 7) is 16.5. The summed E-state index contributed by atoms with van der Waals surface area (Å²) in [6, 6.07) is 0.501. The zero-order valence-corrected chi connectivity index (χ0v) is 21.7. The fourth-order valence-electron chi connectivity index (χ4n) is 3.69. The fraction of sp³-hybridized carbons (Fsp3) is 0.905. The van der Waals surface area contributed by atoms with E-state index in [1.165, 1.54) is 0 Å². The highest BCUT2D eigenvalue weighted by atomic mass is 127. The minimum atomic E-state index is -0.474. The highest BCUT2D eigenvalue weighted by molar-refractivity contribution is 14.0. The van der Waals surface area contributed by atoms with Crippen molar-refractivity contribution < 1.29 is 14.3 Å². The number of nitrogens with one attached hydrogen (secondary N) is 2. The monoisotopic (exact) mass is 539 g/mol. The molecule has 2 rings (SSSR count). The number of piperidine rings is 1. The molecule has 2 aliphatic heterocycles. The van der Waals surface area contributed by atoms with Crippen molar-refractivity contribution in [1.29, 1.82) is 0 Å². The first-order valence-electron chi connectivity index (χ1n) is 11.1. The van der Waals surface area contributed by atoms with Crippen LogP contribution in [0.3, 0.4) is 0 Å². The van der Waals surface area contributed by atoms with Gasteiger partial charge >= 0.3 is 6.09 Å². The molecule has 0 aromatic carbocycles. The van der Waals surface area contributed by atoms with Crippen molar-refractivity contribution >= 4 is 36.0 Å². The number of likely N-dealkylation sites (tertiary alicyclic amines) is 1. The first-order chi connectivity index (χ1) is 13.8. The third-order valence-corrected chi connectivity index (χ3v) is 5.29. The Balaban J connectivity index is 0.00000450. The van der Waals surface area contributed by atoms with Crippen molar-refractivity contribution in [3.63, 3.8) is 0 Å². The molecule has 0 spiro atoms. The van der Waals surface area contributed by atoms with Crippen LogP contribution in [0.1, 0.15) is 53.9 Å². The van der Waals surface area contributed by atoms with E-state index in [4.69, 9.17) is 14.5 Å². The molecule has 2 unspecified atom stereocenters. The van der Waals surface area contributed by atoms with Crippen molar-refractivity contribution in [3.8, 4) is 0 Å². The van der Waals surface area contributed by atoms with Gasteiger partial charge in [-0.05, 0) is 53.9 Å². The highest BCUT2D eigenvalue weighted by Crippen LogP contribution is 2.20. The molecule has 30 heavy (non-hydrogen) atoms. The maximum atomic E-state index is 12.6. The molecule has 9 heteroatoms. The molecule has 176 valence electrons. The van der Waals surface area contributed by atoms with Crippen LogP contribution in [0.15, 0.2) is 4.99 Å². The number of rotatable bonds is 6. The predicted octanol–water partition coefficient (Wildman–Crippen LogP) is 2.67. The van der Waals surface area contributed by atoms with Crippen LogP contribution in [-0.4, -0.2) is 92.0 Å². The van der Waals surface area contributed by atoms with E-state index in [1.807, 2.05) is 25.7 Å². The number of ether oxygens (including phenoxy) is 2. The van der Waals surface area contributed by atoms with E-state index < -0.39 is 5.60 Å². The van der Waals surface area contributed by atoms with Crippen LogP contribution < -0.4 is 10.6 Å². The van der Waals surface area contributed by atoms with Crippen molar-refractivity contribution in [2.45, 2.75) is 71.6 Å². The summed E-state index contributed by atoms with van der Waals surface area (Å²) < 4.78 is 11.0. The van der Waals surface area contributed by atoms with Crippen LogP contribution >= 0.6 is 24.0 Å². The first kappa shape index (κ1) is 27.2. The largest absolute Gasteiger partial charge is 0.444 e. The van der Waals surface area contributed by atoms with Gasteiger partial charge < -0.3 is 25.0 Å². The average Bonchev–Trinajstić information content (AvgIpc) is 2.69. The molecule has 0 saturated carbocycles. The third kappa shape index (κ3) is 9.55. The number of aliphatic imine (C=N–C) groups is 1. The molecule has 2 heterocycles. The quantitative estimate of drug-likeness (QED) is 0.307. The molecule has 0 radical (unpaired) electrons. The van der Waals surface area contributed by atoms with Gasteiger partial charge in [0.15, 0.2) is 5.96 Å². The van der Waals surface area contributed by atoms with Crippen LogP contribution in [0, 0.1) is 0 Å². The zero-order chi connectivity index (χ0) is 21.3. The zero-order valence-electron chi connectivity index (χ0n) is 19.4. The molecule has 0 aromatic rings. The van der Waals surface area contributed by atoms with Gasteiger partial charge in [0.1, 0.15) is 5.60 Å². The number of morpholine rings is 1. The summed E-state index contributed by atoms with van der Waals surface area (Å²) in [4.78, 5) is 21.7. The van der Waals surface area contributed by atoms with E-state index in [0.29, 0.717) is 12.6 Å². The second-order valence-corrected chi connectivity index (χ2v) is 8.92. The average molecular weight is 540 g/mol. The number of nitrogens with zero attached hydrogens (tertiary/aromatic N) is 3. The summed E-state index contributed by atoms with van der Waals surface area (Å²) in [5.41, 5.74) is -0.474. The fourth-order valence-corrected chi connectivity index (χ4v) is 3.69. The van der Waals surface area contributed by atoms with E-state index in [1.54, 1.807) is 0 Å². The molecule has 0 aromatic heterocycles. The molecular weight excluding hydrogens is 497 g/mol. The van der Waals surface area contributed by atoms with Crippen molar-refractivity contribution in [2.75, 3.05) is 52.5 Å². The Hall–Kier alpha value is -0.810. The van der Waals surface area contributed by atoms with Gasteiger partial charge in [0.05, 0.1) is 25.8 Å². The number of carbonyl (C=O) groups excluding carboxylic acids is 1. The smallest absolute Gasteiger partial charge is 0.410 e. The standard InChI is InChI=1S/C21H41N5O3.HI/c1-6-22-19(23-15-17(2)25-11-13-28-14-12-25)24-16-18-9-7-8-10-26(18)20(27)29-21(3,4)5;/h17-18H,6-16H2,1-5H3,(H2,22,23,24);1H. The number of hydrogen-bond acceptors (Lipinski definition) is 5. The Morgan fingerprint density at radius 2 is 1.90 bits per heavy atom. The SMILES string of the molecule is CCNC(=NCC(C)N1CCOCC1)NCC1CCCCN1C(=O)OC(C)(C)C.I. The second-order valence-electron chi connectivity index (χ2n) is 8.92. The van der Waals surface area contributed by atoms with Gasteiger partial charge in [0.25, 0.3) is 0 Å². The van der Waals surface area contributed by atoms with Gasteiger partial charge in [-0.1, -0.05) is 0 Å². The molecule has 0 aliphatic carbocycles. The minimum Gasteiger partial charge on any atom is -0.444 e. The molecule has 1 amide bonds. The normalized spacial score (nSPS) is 22.1. The lowest BCUT2D eigenvalue weighted by Crippen LogP contribution is -2.52. The lowest BCUT2D eigenvalue weighted by molar-refractivity contribution is 0.0104. The summed E-state index contributed by atoms with van der Waals surface area (Å²) in [7, 11) is 0. The van der Waals surface area contributed by atoms with Gasteiger partial charge in [-0.2, -0.15) is 0 Å². The van der Waals surface area contributed by atoms with Crippen LogP contribution in [0.25, 0.3) is 0 Å². The van der Waals surface area contributed by atoms with E-state index in [9.17, 15) is 4.79 Å². The van der Waals surface area contributed by atoms with Gasteiger partial charge in [-0.15, -0.1) is 24.0 Å². The van der Waals surface area contributed by atoms with Gasteiger partial charge in [-0.25, -0.2) is 4.79 Å². The maximum Gasteiger partial charge on any atom is 0.410 e. The Bertz CT molecular complexity index is 535. The van der Waals surface area contributed by atoms with Gasteiger partial charge in [0, 0.05) is 38.8 Å². The molecule has 2 N–H and O–H groups in total. The number of halogens is 1. The Labute approximate surface area is 199 Å². The van der Waals surface area contributed by atoms with E-state index in [-0.39, 0.29) is 36.1 Å². The summed E-state index contributed by atoms with van der Waals surface area (Å²) >= 11 is 0. The van der Waals surface area contributed by atoms with Gasteiger partial charge in [0.2, 0.25) is 0 Å². The van der Waals surface area contributed by atoms with Crippen LogP contribution in [0.2, 0.25) is 0 Å². The van der Waals surface area contributed by atoms with E-state index in [2.05, 4.69) is 29.4 Å². The topological polar surface area (TPSA) is 78.4 Å². The highest BCUT2D eigenvalue weighted by Gasteiger charge is 2.30. The van der Waals surface area contributed by atoms with Gasteiger partial charge in [-0.3, -0.25) is 9.89 Å². The van der Waals surface area contributed by atoms with Crippen LogP contribution in [-0.2, 0) is 9.47 Å². The van der Waals surface area contributed by atoms with E-state index in [0.717, 1.165) is 71.2 Å². The first-order valence-corrected chi connectivity index (χ1v) is 11.1. The predicted molar refractivity (Wildman–Crippen MR) is 132 cm³/mol. The Morgan fingerprint density at radius 3 is 2.53 bits per heavy atom. The second kappa shape index (κ2) is 13.6. The molecule has 2 atom stereocenters. The van der Waals surface area contributed by atoms with Crippen LogP contribution in [0.4, 0.5) is 4.79 Å². The molecule has 2 aliphatic rings. The lowest BCUT2D eigenvalue weighted by Gasteiger charge is -2.37. The van der Waals surface area contributed by atoms with Crippen molar-refractivity contribution in [1.82, 2.24) is 20.4 Å². The summed E-state index contributed by atoms with van der Waals surface area (Å²) in [6.07, 6.45) is 2.93. The molecular formula is C21H42IN5O3. The maximum absolute atomic E-state index is 12.6. The molecule has 8 nitrogen and oxygen atoms in total. The molecule has 0 bridgehead atoms. The minimum absolute atomic E-state index is 0. The molecule has 2 saturated heterocycles.